The summed E-state index contributed by atoms with van der Waals surface area (Å²) >= 11 is 0. The maximum atomic E-state index is 13.4. The van der Waals surface area contributed by atoms with E-state index in [1.54, 1.807) is 6.92 Å². The summed E-state index contributed by atoms with van der Waals surface area (Å²) in [5.41, 5.74) is 5.43. The van der Waals surface area contributed by atoms with E-state index in [-0.39, 0.29) is 5.69 Å². The lowest BCUT2D eigenvalue weighted by atomic mass is 10.3. The average Bonchev–Trinajstić information content (AvgIpc) is 2.15. The van der Waals surface area contributed by atoms with Gasteiger partial charge in [0.05, 0.1) is 0 Å². The molecule has 0 saturated carbocycles. The molecule has 1 aromatic rings. The first-order chi connectivity index (χ1) is 7.86. The van der Waals surface area contributed by atoms with Crippen LogP contribution in [0.1, 0.15) is 6.92 Å². The van der Waals surface area contributed by atoms with E-state index in [4.69, 9.17) is 5.73 Å². The molecule has 0 unspecified atom stereocenters. The molecule has 5 nitrogen and oxygen atoms in total. The normalized spacial score (nSPS) is 11.2. The van der Waals surface area contributed by atoms with Crippen LogP contribution in [0.4, 0.5) is 10.1 Å². The van der Waals surface area contributed by atoms with E-state index >= 15 is 0 Å². The van der Waals surface area contributed by atoms with E-state index in [1.807, 2.05) is 0 Å². The Morgan fingerprint density at radius 2 is 2.12 bits per heavy atom. The minimum absolute atomic E-state index is 0.124. The van der Waals surface area contributed by atoms with Gasteiger partial charge in [0.2, 0.25) is 5.91 Å². The predicted molar refractivity (Wildman–Crippen MR) is 61.5 cm³/mol. The van der Waals surface area contributed by atoms with Crippen LogP contribution in [0.25, 0.3) is 0 Å². The summed E-state index contributed by atoms with van der Waals surface area (Å²) in [5.74, 6) is -2.39. The Hall–Kier alpha value is -1.63. The molecule has 0 bridgehead atoms. The minimum Gasteiger partial charge on any atom is -0.399 e. The number of anilines is 1. The molecule has 0 aliphatic heterocycles. The van der Waals surface area contributed by atoms with Crippen molar-refractivity contribution >= 4 is 21.4 Å². The number of nitrogens with two attached hydrogens (primary N) is 1. The zero-order valence-corrected chi connectivity index (χ0v) is 10.1. The number of sulfone groups is 1. The fourth-order valence-corrected chi connectivity index (χ4v) is 2.50. The maximum Gasteiger partial charge on any atom is 0.235 e. The molecule has 94 valence electrons. The van der Waals surface area contributed by atoms with Gasteiger partial charge in [0.25, 0.3) is 0 Å². The van der Waals surface area contributed by atoms with Gasteiger partial charge >= 0.3 is 0 Å². The third-order valence-electron chi connectivity index (χ3n) is 1.99. The highest BCUT2D eigenvalue weighted by Crippen LogP contribution is 2.18. The maximum absolute atomic E-state index is 13.4. The van der Waals surface area contributed by atoms with Gasteiger partial charge in [-0.3, -0.25) is 4.79 Å². The molecule has 0 radical (unpaired) electrons. The Kier molecular flexibility index (Phi) is 4.06. The van der Waals surface area contributed by atoms with Crippen molar-refractivity contribution in [3.63, 3.8) is 0 Å². The molecule has 3 N–H and O–H groups in total. The average molecular weight is 260 g/mol. The molecule has 0 fully saturated rings. The number of carbonyl (C=O) groups excluding carboxylic acids is 1. The van der Waals surface area contributed by atoms with E-state index in [2.05, 4.69) is 5.32 Å². The van der Waals surface area contributed by atoms with E-state index < -0.39 is 32.2 Å². The summed E-state index contributed by atoms with van der Waals surface area (Å²) in [6, 6.07) is 3.23. The van der Waals surface area contributed by atoms with E-state index in [0.717, 1.165) is 12.1 Å². The lowest BCUT2D eigenvalue weighted by Gasteiger charge is -2.06. The Morgan fingerprint density at radius 1 is 1.47 bits per heavy atom. The Balaban J connectivity index is 3.01. The molecule has 1 aromatic carbocycles. The quantitative estimate of drug-likeness (QED) is 0.763. The molecule has 0 aromatic heterocycles. The van der Waals surface area contributed by atoms with Crippen molar-refractivity contribution in [2.45, 2.75) is 11.8 Å². The molecule has 0 spiro atoms. The third kappa shape index (κ3) is 3.42. The van der Waals surface area contributed by atoms with Crippen molar-refractivity contribution in [1.29, 1.82) is 0 Å². The first-order valence-corrected chi connectivity index (χ1v) is 6.56. The van der Waals surface area contributed by atoms with Crippen LogP contribution in [-0.4, -0.2) is 26.6 Å². The molecule has 1 amide bonds. The molecule has 0 aliphatic rings. The van der Waals surface area contributed by atoms with Crippen molar-refractivity contribution in [2.24, 2.45) is 0 Å². The Morgan fingerprint density at radius 3 is 2.65 bits per heavy atom. The van der Waals surface area contributed by atoms with Gasteiger partial charge < -0.3 is 11.1 Å². The lowest BCUT2D eigenvalue weighted by molar-refractivity contribution is -0.118. The van der Waals surface area contributed by atoms with E-state index in [0.29, 0.717) is 6.54 Å². The van der Waals surface area contributed by atoms with Crippen molar-refractivity contribution in [2.75, 3.05) is 18.0 Å². The van der Waals surface area contributed by atoms with Crippen molar-refractivity contribution in [1.82, 2.24) is 5.32 Å². The van der Waals surface area contributed by atoms with Gasteiger partial charge in [0.15, 0.2) is 9.84 Å². The zero-order chi connectivity index (χ0) is 13.1. The van der Waals surface area contributed by atoms with Gasteiger partial charge in [-0.15, -0.1) is 0 Å². The molecule has 0 atom stereocenters. The van der Waals surface area contributed by atoms with Crippen LogP contribution in [0.3, 0.4) is 0 Å². The Bertz CT molecular complexity index is 528. The fraction of sp³-hybridized carbons (Fsp3) is 0.300. The van der Waals surface area contributed by atoms with Crippen LogP contribution in [0.2, 0.25) is 0 Å². The highest BCUT2D eigenvalue weighted by molar-refractivity contribution is 7.92. The van der Waals surface area contributed by atoms with E-state index in [9.17, 15) is 17.6 Å². The zero-order valence-electron chi connectivity index (χ0n) is 9.23. The number of amides is 1. The first kappa shape index (κ1) is 13.4. The van der Waals surface area contributed by atoms with Crippen molar-refractivity contribution in [3.8, 4) is 0 Å². The molecule has 0 aliphatic carbocycles. The second kappa shape index (κ2) is 5.13. The predicted octanol–water partition coefficient (Wildman–Crippen LogP) is 0.318. The number of benzene rings is 1. The highest BCUT2D eigenvalue weighted by atomic mass is 32.2. The van der Waals surface area contributed by atoms with Crippen LogP contribution in [0, 0.1) is 5.82 Å². The molecule has 0 heterocycles. The molecular weight excluding hydrogens is 247 g/mol. The monoisotopic (exact) mass is 260 g/mol. The van der Waals surface area contributed by atoms with Gasteiger partial charge in [-0.1, -0.05) is 0 Å². The molecule has 17 heavy (non-hydrogen) atoms. The summed E-state index contributed by atoms with van der Waals surface area (Å²) in [7, 11) is -3.97. The lowest BCUT2D eigenvalue weighted by Crippen LogP contribution is -2.30. The number of hydrogen-bond acceptors (Lipinski definition) is 4. The SMILES string of the molecule is CCNC(=O)CS(=O)(=O)c1ccc(N)cc1F. The van der Waals surface area contributed by atoms with Gasteiger partial charge in [0, 0.05) is 12.2 Å². The number of carbonyl (C=O) groups is 1. The van der Waals surface area contributed by atoms with Crippen LogP contribution < -0.4 is 11.1 Å². The number of halogens is 1. The van der Waals surface area contributed by atoms with Crippen LogP contribution in [-0.2, 0) is 14.6 Å². The Labute approximate surface area is 98.7 Å². The van der Waals surface area contributed by atoms with Gasteiger partial charge in [-0.05, 0) is 25.1 Å². The summed E-state index contributed by atoms with van der Waals surface area (Å²) in [6.07, 6.45) is 0. The first-order valence-electron chi connectivity index (χ1n) is 4.91. The topological polar surface area (TPSA) is 89.3 Å². The number of rotatable bonds is 4. The van der Waals surface area contributed by atoms with Gasteiger partial charge in [-0.2, -0.15) is 0 Å². The second-order valence-electron chi connectivity index (χ2n) is 3.40. The minimum atomic E-state index is -3.97. The third-order valence-corrected chi connectivity index (χ3v) is 3.63. The summed E-state index contributed by atoms with van der Waals surface area (Å²) in [5, 5.41) is 2.34. The summed E-state index contributed by atoms with van der Waals surface area (Å²) in [4.78, 5) is 10.7. The number of nitrogens with one attached hydrogen (secondary N) is 1. The smallest absolute Gasteiger partial charge is 0.235 e. The number of hydrogen-bond donors (Lipinski definition) is 2. The second-order valence-corrected chi connectivity index (χ2v) is 5.36. The molecule has 7 heteroatoms. The molecular formula is C10H13FN2O3S. The largest absolute Gasteiger partial charge is 0.399 e. The van der Waals surface area contributed by atoms with Crippen LogP contribution >= 0.6 is 0 Å². The fourth-order valence-electron chi connectivity index (χ4n) is 1.27. The number of nitrogen functional groups attached to an aromatic ring is 1. The van der Waals surface area contributed by atoms with Gasteiger partial charge in [-0.25, -0.2) is 12.8 Å². The van der Waals surface area contributed by atoms with Crippen LogP contribution in [0.15, 0.2) is 23.1 Å². The van der Waals surface area contributed by atoms with Crippen molar-refractivity contribution in [3.05, 3.63) is 24.0 Å². The van der Waals surface area contributed by atoms with E-state index in [1.165, 1.54) is 6.07 Å². The summed E-state index contributed by atoms with van der Waals surface area (Å²) < 4.78 is 36.8. The standard InChI is InChI=1S/C10H13FN2O3S/c1-2-13-10(14)6-17(15,16)9-4-3-7(12)5-8(9)11/h3-5H,2,6,12H2,1H3,(H,13,14). The summed E-state index contributed by atoms with van der Waals surface area (Å²) in [6.45, 7) is 1.98. The van der Waals surface area contributed by atoms with Gasteiger partial charge in [0.1, 0.15) is 16.5 Å². The van der Waals surface area contributed by atoms with Crippen LogP contribution in [0.5, 0.6) is 0 Å². The molecule has 0 saturated heterocycles. The molecule has 1 rings (SSSR count). The highest BCUT2D eigenvalue weighted by Gasteiger charge is 2.22. The van der Waals surface area contributed by atoms with Crippen molar-refractivity contribution < 1.29 is 17.6 Å².